The van der Waals surface area contributed by atoms with Crippen LogP contribution in [0.2, 0.25) is 0 Å². The fourth-order valence-corrected chi connectivity index (χ4v) is 2.88. The van der Waals surface area contributed by atoms with Gasteiger partial charge in [-0.1, -0.05) is 30.7 Å². The van der Waals surface area contributed by atoms with Gasteiger partial charge in [0.2, 0.25) is 0 Å². The summed E-state index contributed by atoms with van der Waals surface area (Å²) in [4.78, 5) is 2.57. The molecule has 1 aromatic rings. The molecule has 0 spiro atoms. The molecule has 2 aliphatic rings. The number of hydrogen-bond donors (Lipinski definition) is 1. The Morgan fingerprint density at radius 1 is 0.944 bits per heavy atom. The van der Waals surface area contributed by atoms with Crippen molar-refractivity contribution in [3.8, 4) is 0 Å². The van der Waals surface area contributed by atoms with Crippen LogP contribution in [0.15, 0.2) is 24.3 Å². The van der Waals surface area contributed by atoms with Gasteiger partial charge in [0.1, 0.15) is 0 Å². The predicted octanol–water partition coefficient (Wildman–Crippen LogP) is 2.71. The Labute approximate surface area is 110 Å². The zero-order chi connectivity index (χ0) is 12.4. The second-order valence-corrected chi connectivity index (χ2v) is 6.19. The Morgan fingerprint density at radius 2 is 1.56 bits per heavy atom. The van der Waals surface area contributed by atoms with Gasteiger partial charge in [0.15, 0.2) is 0 Å². The number of piperidine rings is 1. The van der Waals surface area contributed by atoms with Crippen molar-refractivity contribution in [2.24, 2.45) is 5.73 Å². The number of rotatable bonds is 4. The van der Waals surface area contributed by atoms with E-state index < -0.39 is 0 Å². The van der Waals surface area contributed by atoms with Gasteiger partial charge in [-0.15, -0.1) is 0 Å². The summed E-state index contributed by atoms with van der Waals surface area (Å²) in [5.41, 5.74) is 9.14. The molecule has 0 aromatic heterocycles. The summed E-state index contributed by atoms with van der Waals surface area (Å²) in [5.74, 6) is 0. The zero-order valence-corrected chi connectivity index (χ0v) is 11.2. The van der Waals surface area contributed by atoms with E-state index in [0.29, 0.717) is 0 Å². The molecular formula is C16H24N2. The number of nitrogens with zero attached hydrogens (tertiary/aromatic N) is 1. The first-order valence-corrected chi connectivity index (χ1v) is 7.33. The molecule has 0 atom stereocenters. The van der Waals surface area contributed by atoms with Gasteiger partial charge in [-0.2, -0.15) is 0 Å². The number of hydrogen-bond acceptors (Lipinski definition) is 2. The van der Waals surface area contributed by atoms with E-state index in [1.165, 1.54) is 56.3 Å². The van der Waals surface area contributed by atoms with E-state index in [1.807, 2.05) is 0 Å². The maximum Gasteiger partial charge on any atom is 0.0233 e. The lowest BCUT2D eigenvalue weighted by molar-refractivity contribution is 0.221. The quantitative estimate of drug-likeness (QED) is 0.882. The van der Waals surface area contributed by atoms with E-state index in [1.54, 1.807) is 0 Å². The molecule has 0 unspecified atom stereocenters. The van der Waals surface area contributed by atoms with Crippen LogP contribution in [0.4, 0.5) is 0 Å². The molecule has 1 saturated heterocycles. The van der Waals surface area contributed by atoms with Crippen molar-refractivity contribution >= 4 is 0 Å². The van der Waals surface area contributed by atoms with Crippen LogP contribution in [0.25, 0.3) is 0 Å². The Hall–Kier alpha value is -0.860. The minimum atomic E-state index is 0.133. The highest BCUT2D eigenvalue weighted by Crippen LogP contribution is 2.35. The first kappa shape index (κ1) is 12.2. The highest BCUT2D eigenvalue weighted by molar-refractivity contribution is 5.25. The van der Waals surface area contributed by atoms with E-state index in [9.17, 15) is 0 Å². The molecule has 18 heavy (non-hydrogen) atoms. The molecule has 2 heteroatoms. The summed E-state index contributed by atoms with van der Waals surface area (Å²) in [7, 11) is 0. The second-order valence-electron chi connectivity index (χ2n) is 6.19. The van der Waals surface area contributed by atoms with Crippen molar-refractivity contribution in [3.63, 3.8) is 0 Å². The Morgan fingerprint density at radius 3 is 2.17 bits per heavy atom. The van der Waals surface area contributed by atoms with Gasteiger partial charge in [0, 0.05) is 12.1 Å². The molecule has 0 amide bonds. The monoisotopic (exact) mass is 244 g/mol. The lowest BCUT2D eigenvalue weighted by Crippen LogP contribution is -2.29. The fraction of sp³-hybridized carbons (Fsp3) is 0.625. The number of likely N-dealkylation sites (tertiary alicyclic amines) is 1. The third-order valence-corrected chi connectivity index (χ3v) is 4.33. The molecule has 1 aromatic carbocycles. The molecule has 2 fully saturated rings. The Kier molecular flexibility index (Phi) is 3.40. The van der Waals surface area contributed by atoms with Gasteiger partial charge in [-0.05, 0) is 56.3 Å². The summed E-state index contributed by atoms with van der Waals surface area (Å²) >= 11 is 0. The van der Waals surface area contributed by atoms with Crippen LogP contribution in [0.1, 0.15) is 43.2 Å². The largest absolute Gasteiger partial charge is 0.325 e. The lowest BCUT2D eigenvalue weighted by atomic mass is 10.0. The van der Waals surface area contributed by atoms with Crippen LogP contribution in [0.5, 0.6) is 0 Å². The highest BCUT2D eigenvalue weighted by atomic mass is 15.1. The van der Waals surface area contributed by atoms with Crippen molar-refractivity contribution < 1.29 is 0 Å². The van der Waals surface area contributed by atoms with Crippen LogP contribution in [-0.2, 0) is 13.0 Å². The topological polar surface area (TPSA) is 29.3 Å². The third kappa shape index (κ3) is 3.12. The predicted molar refractivity (Wildman–Crippen MR) is 75.4 cm³/mol. The minimum Gasteiger partial charge on any atom is -0.325 e. The van der Waals surface area contributed by atoms with Crippen LogP contribution >= 0.6 is 0 Å². The van der Waals surface area contributed by atoms with E-state index in [0.717, 1.165) is 13.0 Å². The SMILES string of the molecule is NC1(Cc2ccc(CN3CCCCC3)cc2)CC1. The summed E-state index contributed by atoms with van der Waals surface area (Å²) < 4.78 is 0. The van der Waals surface area contributed by atoms with Crippen molar-refractivity contribution in [1.29, 1.82) is 0 Å². The van der Waals surface area contributed by atoms with Crippen molar-refractivity contribution in [1.82, 2.24) is 4.90 Å². The number of benzene rings is 1. The average molecular weight is 244 g/mol. The first-order valence-electron chi connectivity index (χ1n) is 7.33. The van der Waals surface area contributed by atoms with Crippen molar-refractivity contribution in [2.45, 2.75) is 50.6 Å². The molecular weight excluding hydrogens is 220 g/mol. The summed E-state index contributed by atoms with van der Waals surface area (Å²) in [6.45, 7) is 3.66. The first-order chi connectivity index (χ1) is 8.73. The van der Waals surface area contributed by atoms with Crippen molar-refractivity contribution in [3.05, 3.63) is 35.4 Å². The second kappa shape index (κ2) is 5.02. The van der Waals surface area contributed by atoms with Gasteiger partial charge in [0.25, 0.3) is 0 Å². The van der Waals surface area contributed by atoms with Crippen molar-refractivity contribution in [2.75, 3.05) is 13.1 Å². The molecule has 2 N–H and O–H groups in total. The molecule has 1 aliphatic heterocycles. The standard InChI is InChI=1S/C16H24N2/c17-16(8-9-16)12-14-4-6-15(7-5-14)13-18-10-2-1-3-11-18/h4-7H,1-3,8-13,17H2. The van der Waals surface area contributed by atoms with Gasteiger partial charge in [-0.25, -0.2) is 0 Å². The highest BCUT2D eigenvalue weighted by Gasteiger charge is 2.37. The van der Waals surface area contributed by atoms with E-state index in [2.05, 4.69) is 29.2 Å². The molecule has 1 aliphatic carbocycles. The minimum absolute atomic E-state index is 0.133. The fourth-order valence-electron chi connectivity index (χ4n) is 2.88. The van der Waals surface area contributed by atoms with Gasteiger partial charge in [0.05, 0.1) is 0 Å². The van der Waals surface area contributed by atoms with Crippen LogP contribution in [0, 0.1) is 0 Å². The molecule has 2 nitrogen and oxygen atoms in total. The van der Waals surface area contributed by atoms with Crippen LogP contribution in [-0.4, -0.2) is 23.5 Å². The average Bonchev–Trinajstić information content (AvgIpc) is 3.11. The summed E-state index contributed by atoms with van der Waals surface area (Å²) in [5, 5.41) is 0. The van der Waals surface area contributed by atoms with Crippen LogP contribution < -0.4 is 5.73 Å². The van der Waals surface area contributed by atoms with Gasteiger partial charge >= 0.3 is 0 Å². The maximum absolute atomic E-state index is 6.16. The van der Waals surface area contributed by atoms with E-state index in [4.69, 9.17) is 5.73 Å². The molecule has 98 valence electrons. The van der Waals surface area contributed by atoms with Crippen LogP contribution in [0.3, 0.4) is 0 Å². The van der Waals surface area contributed by atoms with E-state index >= 15 is 0 Å². The van der Waals surface area contributed by atoms with E-state index in [-0.39, 0.29) is 5.54 Å². The van der Waals surface area contributed by atoms with Gasteiger partial charge < -0.3 is 5.73 Å². The lowest BCUT2D eigenvalue weighted by Gasteiger charge is -2.26. The number of nitrogens with two attached hydrogens (primary N) is 1. The Bertz CT molecular complexity index is 386. The molecule has 1 heterocycles. The Balaban J connectivity index is 1.56. The van der Waals surface area contributed by atoms with Gasteiger partial charge in [-0.3, -0.25) is 4.90 Å². The summed E-state index contributed by atoms with van der Waals surface area (Å²) in [6, 6.07) is 9.11. The normalized spacial score (nSPS) is 22.9. The smallest absolute Gasteiger partial charge is 0.0233 e. The molecule has 3 rings (SSSR count). The molecule has 1 saturated carbocycles. The summed E-state index contributed by atoms with van der Waals surface area (Å²) in [6.07, 6.45) is 7.59. The zero-order valence-electron chi connectivity index (χ0n) is 11.2. The molecule has 0 bridgehead atoms. The maximum atomic E-state index is 6.16. The third-order valence-electron chi connectivity index (χ3n) is 4.33. The molecule has 0 radical (unpaired) electrons.